The van der Waals surface area contributed by atoms with Gasteiger partial charge in [-0.3, -0.25) is 14.4 Å². The molecule has 1 aromatic heterocycles. The molecule has 21 heavy (non-hydrogen) atoms. The Morgan fingerprint density at radius 1 is 1.38 bits per heavy atom. The molecule has 2 rings (SSSR count). The van der Waals surface area contributed by atoms with Gasteiger partial charge in [-0.1, -0.05) is 0 Å². The van der Waals surface area contributed by atoms with Gasteiger partial charge in [0.05, 0.1) is 18.7 Å². The highest BCUT2D eigenvalue weighted by Crippen LogP contribution is 2.17. The van der Waals surface area contributed by atoms with Gasteiger partial charge in [-0.05, 0) is 25.0 Å². The third-order valence-electron chi connectivity index (χ3n) is 3.65. The van der Waals surface area contributed by atoms with Crippen LogP contribution in [0.1, 0.15) is 23.4 Å². The van der Waals surface area contributed by atoms with Crippen LogP contribution in [0, 0.1) is 5.92 Å². The largest absolute Gasteiger partial charge is 0.481 e. The van der Waals surface area contributed by atoms with Crippen LogP contribution in [0.2, 0.25) is 0 Å². The van der Waals surface area contributed by atoms with E-state index in [1.807, 2.05) is 0 Å². The lowest BCUT2D eigenvalue weighted by Gasteiger charge is -2.31. The smallest absolute Gasteiger partial charge is 0.306 e. The first-order valence-corrected chi connectivity index (χ1v) is 6.78. The Kier molecular flexibility index (Phi) is 4.62. The maximum absolute atomic E-state index is 12.1. The van der Waals surface area contributed by atoms with Gasteiger partial charge in [-0.15, -0.1) is 0 Å². The lowest BCUT2D eigenvalue weighted by Crippen LogP contribution is -2.45. The van der Waals surface area contributed by atoms with Crippen molar-refractivity contribution in [1.82, 2.24) is 9.80 Å². The van der Waals surface area contributed by atoms with Crippen molar-refractivity contribution in [3.63, 3.8) is 0 Å². The van der Waals surface area contributed by atoms with E-state index in [1.54, 1.807) is 17.0 Å². The zero-order chi connectivity index (χ0) is 15.4. The van der Waals surface area contributed by atoms with Gasteiger partial charge in [0, 0.05) is 20.1 Å². The molecule has 0 radical (unpaired) electrons. The Labute approximate surface area is 122 Å². The van der Waals surface area contributed by atoms with Crippen LogP contribution in [0.4, 0.5) is 0 Å². The number of likely N-dealkylation sites (N-methyl/N-ethyl adjacent to an activating group) is 1. The van der Waals surface area contributed by atoms with Gasteiger partial charge >= 0.3 is 5.97 Å². The molecule has 1 saturated heterocycles. The lowest BCUT2D eigenvalue weighted by atomic mass is 9.97. The summed E-state index contributed by atoms with van der Waals surface area (Å²) in [6.07, 6.45) is 2.31. The number of hydrogen-bond acceptors (Lipinski definition) is 4. The number of hydrogen-bond donors (Lipinski definition) is 1. The molecule has 0 unspecified atom stereocenters. The number of amides is 2. The minimum absolute atomic E-state index is 0.0444. The van der Waals surface area contributed by atoms with Gasteiger partial charge < -0.3 is 19.3 Å². The Hall–Kier alpha value is -2.31. The van der Waals surface area contributed by atoms with E-state index in [9.17, 15) is 14.4 Å². The number of rotatable bonds is 4. The van der Waals surface area contributed by atoms with E-state index >= 15 is 0 Å². The first kappa shape index (κ1) is 15.1. The number of carbonyl (C=O) groups excluding carboxylic acids is 2. The fourth-order valence-corrected chi connectivity index (χ4v) is 2.34. The fourth-order valence-electron chi connectivity index (χ4n) is 2.34. The second kappa shape index (κ2) is 6.43. The molecule has 114 valence electrons. The molecule has 1 fully saturated rings. The summed E-state index contributed by atoms with van der Waals surface area (Å²) in [6.45, 7) is 0.786. The molecule has 2 heterocycles. The number of aliphatic carboxylic acids is 1. The summed E-state index contributed by atoms with van der Waals surface area (Å²) >= 11 is 0. The Morgan fingerprint density at radius 3 is 2.57 bits per heavy atom. The van der Waals surface area contributed by atoms with Crippen LogP contribution in [-0.2, 0) is 9.59 Å². The zero-order valence-electron chi connectivity index (χ0n) is 11.8. The van der Waals surface area contributed by atoms with Crippen molar-refractivity contribution in [3.05, 3.63) is 24.2 Å². The predicted molar refractivity (Wildman–Crippen MR) is 72.6 cm³/mol. The van der Waals surface area contributed by atoms with Crippen molar-refractivity contribution in [2.24, 2.45) is 5.92 Å². The van der Waals surface area contributed by atoms with Crippen LogP contribution < -0.4 is 0 Å². The minimum atomic E-state index is -0.813. The highest BCUT2D eigenvalue weighted by molar-refractivity contribution is 5.94. The molecule has 1 aromatic rings. The Balaban J connectivity index is 1.85. The van der Waals surface area contributed by atoms with E-state index in [1.165, 1.54) is 18.2 Å². The summed E-state index contributed by atoms with van der Waals surface area (Å²) in [5.41, 5.74) is 0. The molecule has 1 N–H and O–H groups in total. The van der Waals surface area contributed by atoms with Gasteiger partial charge in [0.2, 0.25) is 5.91 Å². The van der Waals surface area contributed by atoms with Crippen LogP contribution >= 0.6 is 0 Å². The van der Waals surface area contributed by atoms with Crippen LogP contribution in [0.5, 0.6) is 0 Å². The molecule has 0 aromatic carbocycles. The normalized spacial score (nSPS) is 15.8. The maximum atomic E-state index is 12.1. The van der Waals surface area contributed by atoms with Crippen LogP contribution in [0.25, 0.3) is 0 Å². The molecule has 0 saturated carbocycles. The first-order valence-electron chi connectivity index (χ1n) is 6.78. The lowest BCUT2D eigenvalue weighted by molar-refractivity contribution is -0.145. The SMILES string of the molecule is CN(CC(=O)N1CCC(C(=O)O)CC1)C(=O)c1ccco1. The topological polar surface area (TPSA) is 91.1 Å². The average molecular weight is 294 g/mol. The van der Waals surface area contributed by atoms with Gasteiger partial charge in [-0.2, -0.15) is 0 Å². The molecule has 7 heteroatoms. The van der Waals surface area contributed by atoms with E-state index in [0.29, 0.717) is 25.9 Å². The van der Waals surface area contributed by atoms with E-state index in [2.05, 4.69) is 0 Å². The van der Waals surface area contributed by atoms with Crippen molar-refractivity contribution in [3.8, 4) is 0 Å². The number of furan rings is 1. The van der Waals surface area contributed by atoms with Crippen molar-refractivity contribution in [2.75, 3.05) is 26.7 Å². The maximum Gasteiger partial charge on any atom is 0.306 e. The zero-order valence-corrected chi connectivity index (χ0v) is 11.8. The second-order valence-electron chi connectivity index (χ2n) is 5.13. The molecule has 1 aliphatic rings. The van der Waals surface area contributed by atoms with E-state index < -0.39 is 5.97 Å². The van der Waals surface area contributed by atoms with Crippen molar-refractivity contribution in [1.29, 1.82) is 0 Å². The monoisotopic (exact) mass is 294 g/mol. The summed E-state index contributed by atoms with van der Waals surface area (Å²) in [6, 6.07) is 3.15. The Bertz CT molecular complexity index is 517. The van der Waals surface area contributed by atoms with E-state index in [4.69, 9.17) is 9.52 Å². The van der Waals surface area contributed by atoms with Gasteiger partial charge in [0.25, 0.3) is 5.91 Å². The second-order valence-corrected chi connectivity index (χ2v) is 5.13. The number of likely N-dealkylation sites (tertiary alicyclic amines) is 1. The predicted octanol–water partition coefficient (Wildman–Crippen LogP) is 0.675. The molecule has 2 amide bonds. The number of carboxylic acids is 1. The van der Waals surface area contributed by atoms with Crippen molar-refractivity contribution >= 4 is 17.8 Å². The van der Waals surface area contributed by atoms with Crippen LogP contribution in [0.15, 0.2) is 22.8 Å². The molecule has 0 aliphatic carbocycles. The minimum Gasteiger partial charge on any atom is -0.481 e. The third kappa shape index (κ3) is 3.62. The standard InChI is InChI=1S/C14H18N2O5/c1-15(13(18)11-3-2-8-21-11)9-12(17)16-6-4-10(5-7-16)14(19)20/h2-3,8,10H,4-7,9H2,1H3,(H,19,20). The highest BCUT2D eigenvalue weighted by Gasteiger charge is 2.28. The average Bonchev–Trinajstić information content (AvgIpc) is 3.00. The summed E-state index contributed by atoms with van der Waals surface area (Å²) in [5.74, 6) is -1.53. The van der Waals surface area contributed by atoms with E-state index in [0.717, 1.165) is 0 Å². The van der Waals surface area contributed by atoms with Crippen LogP contribution in [0.3, 0.4) is 0 Å². The molecular formula is C14H18N2O5. The number of carbonyl (C=O) groups is 3. The third-order valence-corrected chi connectivity index (χ3v) is 3.65. The van der Waals surface area contributed by atoms with Gasteiger partial charge in [-0.25, -0.2) is 0 Å². The Morgan fingerprint density at radius 2 is 2.05 bits per heavy atom. The highest BCUT2D eigenvalue weighted by atomic mass is 16.4. The molecule has 0 bridgehead atoms. The molecule has 0 spiro atoms. The summed E-state index contributed by atoms with van der Waals surface area (Å²) in [7, 11) is 1.53. The van der Waals surface area contributed by atoms with Gasteiger partial charge in [0.1, 0.15) is 0 Å². The first-order chi connectivity index (χ1) is 9.99. The quantitative estimate of drug-likeness (QED) is 0.881. The van der Waals surface area contributed by atoms with Crippen molar-refractivity contribution in [2.45, 2.75) is 12.8 Å². The number of carboxylic acid groups (broad SMARTS) is 1. The van der Waals surface area contributed by atoms with E-state index in [-0.39, 0.29) is 30.0 Å². The molecular weight excluding hydrogens is 276 g/mol. The summed E-state index contributed by atoms with van der Waals surface area (Å²) in [5, 5.41) is 8.92. The van der Waals surface area contributed by atoms with Crippen LogP contribution in [-0.4, -0.2) is 59.4 Å². The number of piperidine rings is 1. The number of nitrogens with zero attached hydrogens (tertiary/aromatic N) is 2. The van der Waals surface area contributed by atoms with Crippen molar-refractivity contribution < 1.29 is 23.9 Å². The molecule has 7 nitrogen and oxygen atoms in total. The molecule has 1 aliphatic heterocycles. The summed E-state index contributed by atoms with van der Waals surface area (Å²) < 4.78 is 5.00. The summed E-state index contributed by atoms with van der Waals surface area (Å²) in [4.78, 5) is 37.8. The molecule has 0 atom stereocenters. The fraction of sp³-hybridized carbons (Fsp3) is 0.500. The van der Waals surface area contributed by atoms with Gasteiger partial charge in [0.15, 0.2) is 5.76 Å².